The van der Waals surface area contributed by atoms with Crippen molar-refractivity contribution in [1.82, 2.24) is 4.98 Å². The third-order valence-electron chi connectivity index (χ3n) is 2.22. The van der Waals surface area contributed by atoms with Gasteiger partial charge in [0.2, 0.25) is 0 Å². The fourth-order valence-electron chi connectivity index (χ4n) is 1.44. The number of thioether (sulfide) groups is 1. The van der Waals surface area contributed by atoms with E-state index in [0.29, 0.717) is 0 Å². The van der Waals surface area contributed by atoms with Gasteiger partial charge in [-0.3, -0.25) is 4.79 Å². The average molecular weight is 299 g/mol. The number of thiazole rings is 1. The molecule has 0 aliphatic rings. The average Bonchev–Trinajstić information content (AvgIpc) is 2.94. The van der Waals surface area contributed by atoms with Gasteiger partial charge < -0.3 is 5.11 Å². The molecule has 0 amide bonds. The van der Waals surface area contributed by atoms with E-state index in [0.717, 1.165) is 32.0 Å². The van der Waals surface area contributed by atoms with Gasteiger partial charge >= 0.3 is 5.97 Å². The Morgan fingerprint density at radius 1 is 1.50 bits per heavy atom. The first kappa shape index (κ1) is 13.6. The van der Waals surface area contributed by atoms with E-state index < -0.39 is 5.97 Å². The van der Waals surface area contributed by atoms with E-state index in [1.807, 2.05) is 29.3 Å². The maximum Gasteiger partial charge on any atom is 0.308 e. The molecule has 18 heavy (non-hydrogen) atoms. The smallest absolute Gasteiger partial charge is 0.308 e. The molecule has 0 aliphatic heterocycles. The van der Waals surface area contributed by atoms with Crippen molar-refractivity contribution >= 4 is 40.4 Å². The van der Waals surface area contributed by atoms with E-state index in [-0.39, 0.29) is 6.42 Å². The van der Waals surface area contributed by atoms with Crippen molar-refractivity contribution in [3.05, 3.63) is 27.4 Å². The highest BCUT2D eigenvalue weighted by molar-refractivity contribution is 7.98. The molecular formula is C12H13NO2S3. The van der Waals surface area contributed by atoms with Gasteiger partial charge in [-0.1, -0.05) is 6.92 Å². The molecule has 0 saturated heterocycles. The Hall–Kier alpha value is -0.850. The minimum atomic E-state index is -0.790. The molecule has 2 aromatic rings. The molecule has 0 unspecified atom stereocenters. The van der Waals surface area contributed by atoms with Crippen molar-refractivity contribution in [3.63, 3.8) is 0 Å². The Kier molecular flexibility index (Phi) is 4.79. The van der Waals surface area contributed by atoms with Crippen LogP contribution in [0.1, 0.15) is 16.8 Å². The summed E-state index contributed by atoms with van der Waals surface area (Å²) < 4.78 is 0. The van der Waals surface area contributed by atoms with Crippen molar-refractivity contribution in [2.45, 2.75) is 19.1 Å². The van der Waals surface area contributed by atoms with Crippen LogP contribution in [-0.2, 0) is 17.0 Å². The monoisotopic (exact) mass is 299 g/mol. The molecule has 1 N–H and O–H groups in total. The van der Waals surface area contributed by atoms with Crippen molar-refractivity contribution < 1.29 is 9.90 Å². The lowest BCUT2D eigenvalue weighted by atomic mass is 10.3. The third-order valence-corrected chi connectivity index (χ3v) is 5.25. The molecule has 2 rings (SSSR count). The largest absolute Gasteiger partial charge is 0.481 e. The van der Waals surface area contributed by atoms with Gasteiger partial charge in [0.25, 0.3) is 0 Å². The SMILES string of the molecule is CCSCc1nc(-c2ccc(CC(=O)O)s2)cs1. The first-order valence-corrected chi connectivity index (χ1v) is 8.37. The van der Waals surface area contributed by atoms with Crippen molar-refractivity contribution in [1.29, 1.82) is 0 Å². The van der Waals surface area contributed by atoms with Gasteiger partial charge in [-0.2, -0.15) is 11.8 Å². The highest BCUT2D eigenvalue weighted by Gasteiger charge is 2.09. The summed E-state index contributed by atoms with van der Waals surface area (Å²) in [5.41, 5.74) is 0.966. The number of carboxylic acid groups (broad SMARTS) is 1. The summed E-state index contributed by atoms with van der Waals surface area (Å²) in [5.74, 6) is 1.26. The molecule has 0 radical (unpaired) electrons. The molecule has 0 saturated carbocycles. The maximum absolute atomic E-state index is 10.6. The molecule has 0 aliphatic carbocycles. The highest BCUT2D eigenvalue weighted by Crippen LogP contribution is 2.30. The molecule has 2 aromatic heterocycles. The fourth-order valence-corrected chi connectivity index (χ4v) is 4.02. The lowest BCUT2D eigenvalue weighted by molar-refractivity contribution is -0.136. The van der Waals surface area contributed by atoms with Gasteiger partial charge in [0, 0.05) is 16.0 Å². The van der Waals surface area contributed by atoms with E-state index in [2.05, 4.69) is 11.9 Å². The second-order valence-electron chi connectivity index (χ2n) is 3.60. The highest BCUT2D eigenvalue weighted by atomic mass is 32.2. The lowest BCUT2D eigenvalue weighted by Gasteiger charge is -1.92. The normalized spacial score (nSPS) is 10.7. The molecule has 0 aromatic carbocycles. The Balaban J connectivity index is 2.08. The van der Waals surface area contributed by atoms with Crippen LogP contribution in [0.5, 0.6) is 0 Å². The Morgan fingerprint density at radius 2 is 2.33 bits per heavy atom. The van der Waals surface area contributed by atoms with Gasteiger partial charge in [-0.25, -0.2) is 4.98 Å². The van der Waals surface area contributed by atoms with Crippen molar-refractivity contribution in [2.75, 3.05) is 5.75 Å². The van der Waals surface area contributed by atoms with Crippen LogP contribution < -0.4 is 0 Å². The summed E-state index contributed by atoms with van der Waals surface area (Å²) >= 11 is 5.03. The van der Waals surface area contributed by atoms with Crippen LogP contribution in [0, 0.1) is 0 Å². The van der Waals surface area contributed by atoms with Crippen molar-refractivity contribution in [3.8, 4) is 10.6 Å². The second-order valence-corrected chi connectivity index (χ2v) is 6.99. The van der Waals surface area contributed by atoms with Gasteiger partial charge in [0.1, 0.15) is 5.01 Å². The number of rotatable bonds is 6. The third kappa shape index (κ3) is 3.57. The summed E-state index contributed by atoms with van der Waals surface area (Å²) in [6.07, 6.45) is 0.0906. The molecule has 3 nitrogen and oxygen atoms in total. The molecule has 0 fully saturated rings. The minimum absolute atomic E-state index is 0.0906. The standard InChI is InChI=1S/C12H13NO2S3/c1-2-16-7-11-13-9(6-17-11)10-4-3-8(18-10)5-12(14)15/h3-4,6H,2,5,7H2,1H3,(H,14,15). The summed E-state index contributed by atoms with van der Waals surface area (Å²) in [5, 5.41) is 11.9. The first-order valence-electron chi connectivity index (χ1n) is 5.52. The number of carbonyl (C=O) groups is 1. The Morgan fingerprint density at radius 3 is 3.06 bits per heavy atom. The fraction of sp³-hybridized carbons (Fsp3) is 0.333. The topological polar surface area (TPSA) is 50.2 Å². The van der Waals surface area contributed by atoms with Crippen LogP contribution in [0.3, 0.4) is 0 Å². The number of nitrogens with zero attached hydrogens (tertiary/aromatic N) is 1. The summed E-state index contributed by atoms with van der Waals surface area (Å²) in [6.45, 7) is 2.14. The predicted molar refractivity (Wildman–Crippen MR) is 78.6 cm³/mol. The van der Waals surface area contributed by atoms with Crippen LogP contribution in [0.2, 0.25) is 0 Å². The number of hydrogen-bond donors (Lipinski definition) is 1. The van der Waals surface area contributed by atoms with Gasteiger partial charge in [0.15, 0.2) is 0 Å². The van der Waals surface area contributed by atoms with Crippen LogP contribution in [0.25, 0.3) is 10.6 Å². The summed E-state index contributed by atoms with van der Waals surface area (Å²) in [6, 6.07) is 3.82. The van der Waals surface area contributed by atoms with Gasteiger partial charge in [0.05, 0.1) is 17.0 Å². The van der Waals surface area contributed by atoms with Gasteiger partial charge in [-0.15, -0.1) is 22.7 Å². The van der Waals surface area contributed by atoms with Crippen LogP contribution in [0.15, 0.2) is 17.5 Å². The number of hydrogen-bond acceptors (Lipinski definition) is 5. The Labute approximate surface area is 118 Å². The number of thiophene rings is 1. The molecule has 2 heterocycles. The molecule has 0 bridgehead atoms. The molecule has 96 valence electrons. The molecule has 0 atom stereocenters. The van der Waals surface area contributed by atoms with E-state index in [1.54, 1.807) is 11.3 Å². The predicted octanol–water partition coefficient (Wildman–Crippen LogP) is 3.75. The second kappa shape index (κ2) is 6.36. The van der Waals surface area contributed by atoms with E-state index in [4.69, 9.17) is 5.11 Å². The number of aromatic nitrogens is 1. The molecular weight excluding hydrogens is 286 g/mol. The maximum atomic E-state index is 10.6. The molecule has 0 spiro atoms. The summed E-state index contributed by atoms with van der Waals surface area (Å²) in [7, 11) is 0. The summed E-state index contributed by atoms with van der Waals surface area (Å²) in [4.78, 5) is 17.1. The van der Waals surface area contributed by atoms with E-state index in [9.17, 15) is 4.79 Å². The Bertz CT molecular complexity index is 533. The van der Waals surface area contributed by atoms with E-state index in [1.165, 1.54) is 11.3 Å². The van der Waals surface area contributed by atoms with Crippen molar-refractivity contribution in [2.24, 2.45) is 0 Å². The number of aliphatic carboxylic acids is 1. The molecule has 6 heteroatoms. The zero-order valence-electron chi connectivity index (χ0n) is 9.88. The lowest BCUT2D eigenvalue weighted by Crippen LogP contribution is -1.96. The number of carboxylic acids is 1. The zero-order valence-corrected chi connectivity index (χ0v) is 12.3. The van der Waals surface area contributed by atoms with Crippen LogP contribution in [0.4, 0.5) is 0 Å². The quantitative estimate of drug-likeness (QED) is 0.882. The first-order chi connectivity index (χ1) is 8.69. The van der Waals surface area contributed by atoms with Crippen LogP contribution >= 0.6 is 34.4 Å². The zero-order chi connectivity index (χ0) is 13.0. The van der Waals surface area contributed by atoms with E-state index >= 15 is 0 Å². The van der Waals surface area contributed by atoms with Gasteiger partial charge in [-0.05, 0) is 17.9 Å². The minimum Gasteiger partial charge on any atom is -0.481 e. The van der Waals surface area contributed by atoms with Crippen LogP contribution in [-0.4, -0.2) is 21.8 Å².